The minimum atomic E-state index is -1.21. The maximum absolute atomic E-state index is 13.2. The Bertz CT molecular complexity index is 1030. The van der Waals surface area contributed by atoms with Crippen molar-refractivity contribution in [3.05, 3.63) is 23.8 Å². The Morgan fingerprint density at radius 1 is 1.18 bits per heavy atom. The Hall–Kier alpha value is -3.28. The van der Waals surface area contributed by atoms with Gasteiger partial charge in [-0.2, -0.15) is 0 Å². The topological polar surface area (TPSA) is 143 Å². The zero-order valence-corrected chi connectivity index (χ0v) is 19.3. The quantitative estimate of drug-likeness (QED) is 0.576. The molecular formula is C22H25N3O8S. The van der Waals surface area contributed by atoms with Crippen LogP contribution >= 0.6 is 11.8 Å². The van der Waals surface area contributed by atoms with Crippen LogP contribution in [0.1, 0.15) is 31.7 Å². The van der Waals surface area contributed by atoms with Crippen LogP contribution in [0.15, 0.2) is 18.2 Å². The first kappa shape index (κ1) is 23.9. The van der Waals surface area contributed by atoms with Crippen molar-refractivity contribution < 1.29 is 38.6 Å². The van der Waals surface area contributed by atoms with Crippen molar-refractivity contribution >= 4 is 40.6 Å². The van der Waals surface area contributed by atoms with E-state index in [-0.39, 0.29) is 43.3 Å². The van der Waals surface area contributed by atoms with Crippen LogP contribution in [0.5, 0.6) is 11.5 Å². The van der Waals surface area contributed by atoms with Crippen LogP contribution in [-0.4, -0.2) is 81.0 Å². The van der Waals surface area contributed by atoms with Crippen molar-refractivity contribution in [2.75, 3.05) is 19.8 Å². The number of hydrazine groups is 1. The van der Waals surface area contributed by atoms with Gasteiger partial charge in [0.25, 0.3) is 5.91 Å². The first-order valence-electron chi connectivity index (χ1n) is 11.0. The summed E-state index contributed by atoms with van der Waals surface area (Å²) < 4.78 is 11.1. The summed E-state index contributed by atoms with van der Waals surface area (Å²) in [6.45, 7) is 2.35. The number of carboxylic acid groups (broad SMARTS) is 1. The predicted molar refractivity (Wildman–Crippen MR) is 119 cm³/mol. The van der Waals surface area contributed by atoms with E-state index in [1.165, 1.54) is 6.92 Å². The molecular weight excluding hydrogens is 466 g/mol. The van der Waals surface area contributed by atoms with Crippen molar-refractivity contribution in [3.8, 4) is 11.5 Å². The molecule has 2 fully saturated rings. The fraction of sp³-hybridized carbons (Fsp3) is 0.500. The van der Waals surface area contributed by atoms with E-state index in [1.54, 1.807) is 18.2 Å². The van der Waals surface area contributed by atoms with Crippen molar-refractivity contribution in [1.82, 2.24) is 15.3 Å². The molecule has 1 unspecified atom stereocenters. The standard InChI is InChI=1S/C22H25N3O8S/c1-12(26)34-18(11-13-2-4-16-17(10-13)33-9-8-32-16)20(28)23-14-3-5-19(27)24-7-6-15(22(30)31)25(24)21(14)29/h2,4,10,14-15,18H,3,5-9,11H2,1H3,(H,23,28)(H,30,31)/t14?,15-,18-/m0/s1. The molecule has 1 aromatic carbocycles. The maximum Gasteiger partial charge on any atom is 0.328 e. The molecule has 3 atom stereocenters. The van der Waals surface area contributed by atoms with Gasteiger partial charge in [0.2, 0.25) is 11.8 Å². The summed E-state index contributed by atoms with van der Waals surface area (Å²) in [5.74, 6) is -1.59. The summed E-state index contributed by atoms with van der Waals surface area (Å²) in [6, 6.07) is 3.05. The number of nitrogens with zero attached hydrogens (tertiary/aromatic N) is 2. The van der Waals surface area contributed by atoms with Gasteiger partial charge in [0.1, 0.15) is 19.3 Å². The number of carbonyl (C=O) groups is 5. The average molecular weight is 492 g/mol. The fourth-order valence-corrected chi connectivity index (χ4v) is 5.14. The Morgan fingerprint density at radius 3 is 2.62 bits per heavy atom. The number of nitrogens with one attached hydrogen (secondary N) is 1. The molecule has 3 amide bonds. The van der Waals surface area contributed by atoms with Gasteiger partial charge in [-0.05, 0) is 30.5 Å². The SMILES string of the molecule is CC(=O)S[C@@H](Cc1ccc2c(c1)OCCO2)C(=O)NC1CCC(=O)N2CC[C@@H](C(=O)O)N2C1=O. The molecule has 0 aromatic heterocycles. The molecule has 3 heterocycles. The number of hydrogen-bond donors (Lipinski definition) is 2. The van der Waals surface area contributed by atoms with Crippen molar-refractivity contribution in [1.29, 1.82) is 0 Å². The predicted octanol–water partition coefficient (Wildman–Crippen LogP) is 0.356. The first-order chi connectivity index (χ1) is 16.2. The Balaban J connectivity index is 1.50. The number of benzene rings is 1. The molecule has 1 aromatic rings. The second kappa shape index (κ2) is 9.92. The second-order valence-corrected chi connectivity index (χ2v) is 9.60. The van der Waals surface area contributed by atoms with E-state index in [0.29, 0.717) is 24.7 Å². The average Bonchev–Trinajstić information content (AvgIpc) is 3.21. The third-order valence-electron chi connectivity index (χ3n) is 5.86. The highest BCUT2D eigenvalue weighted by Crippen LogP contribution is 2.32. The Kier molecular flexibility index (Phi) is 6.96. The second-order valence-electron chi connectivity index (χ2n) is 8.22. The number of thioether (sulfide) groups is 1. The molecule has 11 nitrogen and oxygen atoms in total. The monoisotopic (exact) mass is 491 g/mol. The van der Waals surface area contributed by atoms with E-state index < -0.39 is 35.1 Å². The molecule has 34 heavy (non-hydrogen) atoms. The summed E-state index contributed by atoms with van der Waals surface area (Å²) >= 11 is 0.841. The van der Waals surface area contributed by atoms with Gasteiger partial charge in [-0.3, -0.25) is 24.2 Å². The summed E-state index contributed by atoms with van der Waals surface area (Å²) in [6.07, 6.45) is 0.358. The summed E-state index contributed by atoms with van der Waals surface area (Å²) in [7, 11) is 0. The molecule has 0 bridgehead atoms. The van der Waals surface area contributed by atoms with Gasteiger partial charge in [-0.25, -0.2) is 9.80 Å². The van der Waals surface area contributed by atoms with E-state index in [4.69, 9.17) is 9.47 Å². The molecule has 0 aliphatic carbocycles. The van der Waals surface area contributed by atoms with Gasteiger partial charge >= 0.3 is 5.97 Å². The molecule has 4 rings (SSSR count). The van der Waals surface area contributed by atoms with E-state index >= 15 is 0 Å². The number of carboxylic acids is 1. The number of rotatable bonds is 6. The van der Waals surface area contributed by atoms with Crippen molar-refractivity contribution in [2.45, 2.75) is 49.9 Å². The van der Waals surface area contributed by atoms with E-state index in [9.17, 15) is 29.1 Å². The van der Waals surface area contributed by atoms with Gasteiger partial charge in [0.05, 0.1) is 5.25 Å². The summed E-state index contributed by atoms with van der Waals surface area (Å²) in [5, 5.41) is 13.1. The van der Waals surface area contributed by atoms with Crippen LogP contribution in [0.3, 0.4) is 0 Å². The lowest BCUT2D eigenvalue weighted by Crippen LogP contribution is -2.55. The highest BCUT2D eigenvalue weighted by atomic mass is 32.2. The molecule has 3 aliphatic heterocycles. The van der Waals surface area contributed by atoms with Crippen LogP contribution in [-0.2, 0) is 30.4 Å². The normalized spacial score (nSPS) is 22.6. The van der Waals surface area contributed by atoms with Crippen LogP contribution in [0.4, 0.5) is 0 Å². The van der Waals surface area contributed by atoms with E-state index in [2.05, 4.69) is 5.32 Å². The molecule has 0 saturated carbocycles. The molecule has 182 valence electrons. The van der Waals surface area contributed by atoms with Gasteiger partial charge < -0.3 is 19.9 Å². The highest BCUT2D eigenvalue weighted by molar-refractivity contribution is 8.14. The molecule has 2 N–H and O–H groups in total. The van der Waals surface area contributed by atoms with Gasteiger partial charge in [-0.15, -0.1) is 0 Å². The van der Waals surface area contributed by atoms with E-state index in [0.717, 1.165) is 27.3 Å². The molecule has 0 spiro atoms. The van der Waals surface area contributed by atoms with E-state index in [1.807, 2.05) is 0 Å². The van der Waals surface area contributed by atoms with Gasteiger partial charge in [0.15, 0.2) is 22.7 Å². The minimum Gasteiger partial charge on any atom is -0.486 e. The Labute approximate surface area is 199 Å². The number of carbonyl (C=O) groups excluding carboxylic acids is 4. The summed E-state index contributed by atoms with van der Waals surface area (Å²) in [4.78, 5) is 62.2. The Morgan fingerprint density at radius 2 is 1.91 bits per heavy atom. The third kappa shape index (κ3) is 4.96. The summed E-state index contributed by atoms with van der Waals surface area (Å²) in [5.41, 5.74) is 0.747. The smallest absolute Gasteiger partial charge is 0.328 e. The van der Waals surface area contributed by atoms with Crippen molar-refractivity contribution in [2.24, 2.45) is 0 Å². The number of amides is 3. The number of hydrogen-bond acceptors (Lipinski definition) is 8. The lowest BCUT2D eigenvalue weighted by molar-refractivity contribution is -0.166. The molecule has 12 heteroatoms. The molecule has 2 saturated heterocycles. The number of ether oxygens (including phenoxy) is 2. The molecule has 3 aliphatic rings. The van der Waals surface area contributed by atoms with Gasteiger partial charge in [-0.1, -0.05) is 17.8 Å². The lowest BCUT2D eigenvalue weighted by atomic mass is 10.1. The van der Waals surface area contributed by atoms with Crippen molar-refractivity contribution in [3.63, 3.8) is 0 Å². The number of fused-ring (bicyclic) bond motifs is 2. The lowest BCUT2D eigenvalue weighted by Gasteiger charge is -2.30. The maximum atomic E-state index is 13.2. The van der Waals surface area contributed by atoms with Crippen LogP contribution < -0.4 is 14.8 Å². The fourth-order valence-electron chi connectivity index (χ4n) is 4.28. The van der Waals surface area contributed by atoms with Crippen LogP contribution in [0.2, 0.25) is 0 Å². The van der Waals surface area contributed by atoms with Crippen LogP contribution in [0, 0.1) is 0 Å². The minimum absolute atomic E-state index is 0.00773. The zero-order valence-electron chi connectivity index (χ0n) is 18.5. The van der Waals surface area contributed by atoms with Gasteiger partial charge in [0, 0.05) is 26.3 Å². The third-order valence-corrected chi connectivity index (χ3v) is 6.86. The van der Waals surface area contributed by atoms with Crippen LogP contribution in [0.25, 0.3) is 0 Å². The molecule has 0 radical (unpaired) electrons. The number of aliphatic carboxylic acids is 1. The largest absolute Gasteiger partial charge is 0.486 e. The zero-order chi connectivity index (χ0) is 24.4. The highest BCUT2D eigenvalue weighted by Gasteiger charge is 2.47. The first-order valence-corrected chi connectivity index (χ1v) is 11.8.